The molecule has 0 amide bonds. The predicted octanol–water partition coefficient (Wildman–Crippen LogP) is 6.46. The Kier molecular flexibility index (Phi) is 7.44. The van der Waals surface area contributed by atoms with E-state index >= 15 is 0 Å². The maximum atomic E-state index is 12.6. The van der Waals surface area contributed by atoms with Gasteiger partial charge in [0.25, 0.3) is 0 Å². The number of aliphatic carboxylic acids is 1. The van der Waals surface area contributed by atoms with Gasteiger partial charge in [-0.25, -0.2) is 9.67 Å². The van der Waals surface area contributed by atoms with Crippen molar-refractivity contribution < 1.29 is 23.7 Å². The monoisotopic (exact) mass is 599 g/mol. The molecule has 1 atom stereocenters. The molecule has 0 bridgehead atoms. The third-order valence-electron chi connectivity index (χ3n) is 7.86. The average molecular weight is 600 g/mol. The Labute approximate surface area is 245 Å². The number of hydrogen-bond acceptors (Lipinski definition) is 9. The summed E-state index contributed by atoms with van der Waals surface area (Å²) in [5.41, 5.74) is 2.49. The first-order valence-corrected chi connectivity index (χ1v) is 15.8. The van der Waals surface area contributed by atoms with Gasteiger partial charge in [0, 0.05) is 35.0 Å². The summed E-state index contributed by atoms with van der Waals surface area (Å²) in [6, 6.07) is 9.27. The van der Waals surface area contributed by atoms with Crippen LogP contribution in [0.15, 0.2) is 41.4 Å². The van der Waals surface area contributed by atoms with E-state index in [4.69, 9.17) is 4.74 Å². The van der Waals surface area contributed by atoms with Crippen LogP contribution in [-0.4, -0.2) is 56.6 Å². The van der Waals surface area contributed by atoms with E-state index in [9.17, 15) is 19.0 Å². The number of aromatic nitrogens is 4. The fourth-order valence-corrected chi connectivity index (χ4v) is 8.57. The third-order valence-corrected chi connectivity index (χ3v) is 10.9. The summed E-state index contributed by atoms with van der Waals surface area (Å²) in [5, 5.41) is 19.0. The molecule has 220 valence electrons. The maximum Gasteiger partial charge on any atom is 0.310 e. The van der Waals surface area contributed by atoms with E-state index < -0.39 is 33.7 Å². The number of carbonyl (C=O) groups is 1. The zero-order valence-electron chi connectivity index (χ0n) is 24.4. The second-order valence-corrected chi connectivity index (χ2v) is 15.0. The van der Waals surface area contributed by atoms with Crippen molar-refractivity contribution in [2.24, 2.45) is 5.41 Å². The minimum atomic E-state index is -3.40. The van der Waals surface area contributed by atoms with Gasteiger partial charge in [-0.2, -0.15) is 4.31 Å². The van der Waals surface area contributed by atoms with E-state index in [1.165, 1.54) is 11.3 Å². The summed E-state index contributed by atoms with van der Waals surface area (Å²) < 4.78 is 32.5. The molecular weight excluding hydrogens is 562 g/mol. The lowest BCUT2D eigenvalue weighted by molar-refractivity contribution is -0.147. The predicted molar refractivity (Wildman–Crippen MR) is 161 cm³/mol. The molecule has 0 saturated carbocycles. The Bertz CT molecular complexity index is 1630. The lowest BCUT2D eigenvalue weighted by Crippen LogP contribution is -2.41. The summed E-state index contributed by atoms with van der Waals surface area (Å²) in [6.07, 6.45) is 1.57. The number of carboxylic acid groups (broad SMARTS) is 1. The number of pyridine rings is 1. The van der Waals surface area contributed by atoms with Gasteiger partial charge in [0.2, 0.25) is 5.88 Å². The summed E-state index contributed by atoms with van der Waals surface area (Å²) in [4.78, 5) is 19.0. The van der Waals surface area contributed by atoms with Crippen molar-refractivity contribution in [3.8, 4) is 5.88 Å². The van der Waals surface area contributed by atoms with Gasteiger partial charge in [0.1, 0.15) is 16.0 Å². The van der Waals surface area contributed by atoms with E-state index in [2.05, 4.69) is 15.3 Å². The smallest absolute Gasteiger partial charge is 0.310 e. The summed E-state index contributed by atoms with van der Waals surface area (Å²) >= 11 is 1.54. The fraction of sp³-hybridized carbons (Fsp3) is 0.448. The van der Waals surface area contributed by atoms with Crippen LogP contribution in [0.5, 0.6) is 5.88 Å². The zero-order chi connectivity index (χ0) is 29.9. The number of hydrogen-bond donors (Lipinski definition) is 3. The first kappa shape index (κ1) is 29.5. The van der Waals surface area contributed by atoms with Crippen LogP contribution in [-0.2, 0) is 17.9 Å². The molecule has 1 aliphatic rings. The van der Waals surface area contributed by atoms with Crippen molar-refractivity contribution in [2.45, 2.75) is 78.0 Å². The Balaban J connectivity index is 1.59. The first-order valence-electron chi connectivity index (χ1n) is 13.5. The van der Waals surface area contributed by atoms with Crippen LogP contribution in [0.3, 0.4) is 0 Å². The summed E-state index contributed by atoms with van der Waals surface area (Å²) in [7, 11) is -3.40. The van der Waals surface area contributed by atoms with E-state index in [1.54, 1.807) is 36.5 Å². The molecule has 10 nitrogen and oxygen atoms in total. The lowest BCUT2D eigenvalue weighted by atomic mass is 9.72. The van der Waals surface area contributed by atoms with Crippen LogP contribution >= 0.6 is 22.1 Å². The molecule has 0 saturated heterocycles. The average Bonchev–Trinajstić information content (AvgIpc) is 3.46. The number of fused-ring (bicyclic) bond motifs is 2. The minimum absolute atomic E-state index is 0.219. The van der Waals surface area contributed by atoms with Gasteiger partial charge in [-0.15, -0.1) is 27.2 Å². The highest BCUT2D eigenvalue weighted by Gasteiger charge is 2.43. The Hall–Kier alpha value is -3.03. The molecule has 0 spiro atoms. The topological polar surface area (TPSA) is 134 Å². The van der Waals surface area contributed by atoms with E-state index in [-0.39, 0.29) is 23.9 Å². The van der Waals surface area contributed by atoms with Crippen molar-refractivity contribution in [2.75, 3.05) is 6.54 Å². The van der Waals surface area contributed by atoms with Crippen molar-refractivity contribution in [3.63, 3.8) is 0 Å². The molecule has 4 heterocycles. The number of ether oxygens (including phenoxy) is 1. The van der Waals surface area contributed by atoms with Gasteiger partial charge < -0.3 is 9.84 Å². The summed E-state index contributed by atoms with van der Waals surface area (Å²) in [5.74, 6) is -1.16. The lowest BCUT2D eigenvalue weighted by Gasteiger charge is -2.42. The van der Waals surface area contributed by atoms with Crippen LogP contribution in [0, 0.1) is 19.3 Å². The second-order valence-electron chi connectivity index (χ2n) is 11.7. The SMILES string of the molecule is CCn1nnc2c(C)c(C(c3cc(CN4CC(C)(C)Oc5ncccc5S4(O)O)c(C)s3)C(C)(C)C(=O)O)ccc21. The van der Waals surface area contributed by atoms with E-state index in [0.29, 0.717) is 6.54 Å². The van der Waals surface area contributed by atoms with Gasteiger partial charge in [0.15, 0.2) is 0 Å². The molecule has 0 radical (unpaired) electrons. The first-order chi connectivity index (χ1) is 19.2. The quantitative estimate of drug-likeness (QED) is 0.219. The zero-order valence-corrected chi connectivity index (χ0v) is 26.0. The molecule has 3 N–H and O–H groups in total. The van der Waals surface area contributed by atoms with Crippen LogP contribution < -0.4 is 4.74 Å². The van der Waals surface area contributed by atoms with Crippen molar-refractivity contribution in [3.05, 3.63) is 63.0 Å². The Morgan fingerprint density at radius 1 is 1.24 bits per heavy atom. The number of benzene rings is 1. The standard InChI is InChI=1S/C29H37N5O5S2/c1-8-34-21-12-11-20(17(2)25(21)31-32-34)24(29(6,7)27(35)36)22-14-19(18(3)40-22)15-33-16-28(4,5)39-26-23(41(33,37)38)10-9-13-30-26/h9-14,24,37-38H,8,15-16H2,1-7H3,(H,35,36). The summed E-state index contributed by atoms with van der Waals surface area (Å²) in [6.45, 7) is 14.4. The molecule has 0 aliphatic carbocycles. The van der Waals surface area contributed by atoms with Gasteiger partial charge in [0.05, 0.1) is 17.5 Å². The van der Waals surface area contributed by atoms with Crippen molar-refractivity contribution in [1.29, 1.82) is 0 Å². The molecule has 0 fully saturated rings. The highest BCUT2D eigenvalue weighted by atomic mass is 32.3. The van der Waals surface area contributed by atoms with Crippen molar-refractivity contribution in [1.82, 2.24) is 24.3 Å². The largest absolute Gasteiger partial charge is 0.481 e. The molecule has 1 aromatic carbocycles. The highest BCUT2D eigenvalue weighted by Crippen LogP contribution is 2.58. The second kappa shape index (κ2) is 10.4. The highest BCUT2D eigenvalue weighted by molar-refractivity contribution is 8.22. The number of aryl methyl sites for hydroxylation is 3. The number of rotatable bonds is 7. The van der Waals surface area contributed by atoms with Gasteiger partial charge >= 0.3 is 5.97 Å². The van der Waals surface area contributed by atoms with Crippen LogP contribution in [0.4, 0.5) is 0 Å². The maximum absolute atomic E-state index is 12.6. The molecule has 12 heteroatoms. The molecular formula is C29H37N5O5S2. The molecule has 3 aromatic heterocycles. The third kappa shape index (κ3) is 5.12. The normalized spacial score (nSPS) is 18.4. The van der Waals surface area contributed by atoms with Crippen LogP contribution in [0.2, 0.25) is 0 Å². The van der Waals surface area contributed by atoms with E-state index in [1.807, 2.05) is 57.5 Å². The van der Waals surface area contributed by atoms with Gasteiger partial charge in [-0.05, 0) is 89.4 Å². The van der Waals surface area contributed by atoms with E-state index in [0.717, 1.165) is 37.5 Å². The fourth-order valence-electron chi connectivity index (χ4n) is 5.54. The van der Waals surface area contributed by atoms with Gasteiger partial charge in [-0.3, -0.25) is 13.9 Å². The van der Waals surface area contributed by atoms with Crippen molar-refractivity contribution >= 4 is 39.1 Å². The van der Waals surface area contributed by atoms with Crippen LogP contribution in [0.1, 0.15) is 67.0 Å². The number of thiophene rings is 1. The Morgan fingerprint density at radius 3 is 2.66 bits per heavy atom. The Morgan fingerprint density at radius 2 is 1.98 bits per heavy atom. The number of carboxylic acids is 1. The molecule has 5 rings (SSSR count). The van der Waals surface area contributed by atoms with Crippen LogP contribution in [0.25, 0.3) is 11.0 Å². The molecule has 1 aliphatic heterocycles. The molecule has 41 heavy (non-hydrogen) atoms. The number of nitrogens with zero attached hydrogens (tertiary/aromatic N) is 5. The molecule has 1 unspecified atom stereocenters. The van der Waals surface area contributed by atoms with Gasteiger partial charge in [-0.1, -0.05) is 11.3 Å². The molecule has 4 aromatic rings. The minimum Gasteiger partial charge on any atom is -0.481 e.